The second kappa shape index (κ2) is 9.68. The van der Waals surface area contributed by atoms with Gasteiger partial charge in [0.1, 0.15) is 11.4 Å². The quantitative estimate of drug-likeness (QED) is 0.619. The number of hydrogen-bond donors (Lipinski definition) is 1. The molecular weight excluding hydrogens is 404 g/mol. The normalized spacial score (nSPS) is 13.4. The third kappa shape index (κ3) is 4.99. The molecule has 0 atom stereocenters. The number of aromatic nitrogens is 2. The highest BCUT2D eigenvalue weighted by Gasteiger charge is 2.26. The summed E-state index contributed by atoms with van der Waals surface area (Å²) in [6, 6.07) is 17.4. The average molecular weight is 433 g/mol. The number of aryl methyl sites for hydroxylation is 2. The molecule has 166 valence electrons. The maximum Gasteiger partial charge on any atom is 0.272 e. The zero-order chi connectivity index (χ0) is 22.5. The Bertz CT molecular complexity index is 1100. The van der Waals surface area contributed by atoms with Gasteiger partial charge in [0.05, 0.1) is 6.61 Å². The lowest BCUT2D eigenvalue weighted by Crippen LogP contribution is -2.30. The van der Waals surface area contributed by atoms with Gasteiger partial charge < -0.3 is 15.0 Å². The van der Waals surface area contributed by atoms with E-state index in [9.17, 15) is 9.59 Å². The molecule has 0 aliphatic carbocycles. The Morgan fingerprint density at radius 2 is 1.91 bits per heavy atom. The van der Waals surface area contributed by atoms with E-state index in [1.165, 1.54) is 5.56 Å². The molecule has 0 bridgehead atoms. The van der Waals surface area contributed by atoms with E-state index < -0.39 is 0 Å². The van der Waals surface area contributed by atoms with Crippen molar-refractivity contribution < 1.29 is 14.3 Å². The van der Waals surface area contributed by atoms with Gasteiger partial charge in [-0.2, -0.15) is 5.10 Å². The van der Waals surface area contributed by atoms with Crippen molar-refractivity contribution in [3.63, 3.8) is 0 Å². The van der Waals surface area contributed by atoms with Gasteiger partial charge >= 0.3 is 0 Å². The number of nitrogens with zero attached hydrogens (tertiary/aromatic N) is 3. The van der Waals surface area contributed by atoms with Crippen LogP contribution in [0.3, 0.4) is 0 Å². The Balaban J connectivity index is 1.42. The monoisotopic (exact) mass is 432 g/mol. The van der Waals surface area contributed by atoms with Gasteiger partial charge in [-0.05, 0) is 43.5 Å². The number of carbonyl (C=O) groups is 2. The van der Waals surface area contributed by atoms with E-state index in [-0.39, 0.29) is 17.5 Å². The van der Waals surface area contributed by atoms with Crippen molar-refractivity contribution in [3.8, 4) is 5.75 Å². The summed E-state index contributed by atoms with van der Waals surface area (Å²) < 4.78 is 7.10. The van der Waals surface area contributed by atoms with Crippen LogP contribution in [-0.2, 0) is 19.6 Å². The van der Waals surface area contributed by atoms with E-state index in [0.29, 0.717) is 38.5 Å². The largest absolute Gasteiger partial charge is 0.494 e. The van der Waals surface area contributed by atoms with Crippen molar-refractivity contribution in [2.75, 3.05) is 13.2 Å². The third-order valence-corrected chi connectivity index (χ3v) is 5.46. The number of rotatable bonds is 7. The molecule has 0 saturated carbocycles. The Hall–Kier alpha value is -3.61. The van der Waals surface area contributed by atoms with E-state index in [1.54, 1.807) is 10.7 Å². The summed E-state index contributed by atoms with van der Waals surface area (Å²) in [4.78, 5) is 27.6. The van der Waals surface area contributed by atoms with Crippen molar-refractivity contribution in [1.29, 1.82) is 0 Å². The van der Waals surface area contributed by atoms with E-state index in [1.807, 2.05) is 61.2 Å². The zero-order valence-electron chi connectivity index (χ0n) is 18.5. The lowest BCUT2D eigenvalue weighted by molar-refractivity contribution is 0.0745. The predicted molar refractivity (Wildman–Crippen MR) is 122 cm³/mol. The Labute approximate surface area is 188 Å². The predicted octanol–water partition coefficient (Wildman–Crippen LogP) is 3.57. The molecule has 0 spiro atoms. The summed E-state index contributed by atoms with van der Waals surface area (Å²) in [7, 11) is 0. The van der Waals surface area contributed by atoms with Crippen LogP contribution < -0.4 is 10.1 Å². The molecule has 1 aliphatic heterocycles. The second-order valence-corrected chi connectivity index (χ2v) is 7.97. The van der Waals surface area contributed by atoms with Crippen LogP contribution in [0.25, 0.3) is 0 Å². The van der Waals surface area contributed by atoms with Crippen LogP contribution in [-0.4, -0.2) is 39.6 Å². The van der Waals surface area contributed by atoms with E-state index in [0.717, 1.165) is 23.3 Å². The molecule has 7 nitrogen and oxygen atoms in total. The number of amides is 2. The molecule has 1 N–H and O–H groups in total. The van der Waals surface area contributed by atoms with Gasteiger partial charge in [-0.15, -0.1) is 0 Å². The maximum atomic E-state index is 13.1. The average Bonchev–Trinajstić information content (AvgIpc) is 3.16. The number of nitrogens with one attached hydrogen (secondary N) is 1. The molecule has 2 heterocycles. The molecule has 2 aromatic carbocycles. The van der Waals surface area contributed by atoms with E-state index in [2.05, 4.69) is 16.5 Å². The first-order chi connectivity index (χ1) is 15.5. The summed E-state index contributed by atoms with van der Waals surface area (Å²) in [6.07, 6.45) is 0.791. The van der Waals surface area contributed by atoms with Crippen LogP contribution in [0, 0.1) is 6.92 Å². The molecule has 4 rings (SSSR count). The van der Waals surface area contributed by atoms with Gasteiger partial charge in [-0.1, -0.05) is 42.0 Å². The molecule has 0 saturated heterocycles. The van der Waals surface area contributed by atoms with Gasteiger partial charge in [0.25, 0.3) is 11.8 Å². The molecular formula is C25H28N4O3. The molecule has 7 heteroatoms. The Morgan fingerprint density at radius 3 is 2.66 bits per heavy atom. The molecule has 1 aromatic heterocycles. The van der Waals surface area contributed by atoms with Gasteiger partial charge in [0, 0.05) is 32.2 Å². The van der Waals surface area contributed by atoms with Crippen LogP contribution in [0.5, 0.6) is 5.75 Å². The lowest BCUT2D eigenvalue weighted by Gasteiger charge is -2.20. The van der Waals surface area contributed by atoms with Gasteiger partial charge in [-0.25, -0.2) is 0 Å². The standard InChI is InChI=1S/C25H28N4O3/c1-3-32-21-10-8-19(9-11-21)16-26-24(30)22-15-23-25(31)28(12-5-13-29(23)27-22)17-20-7-4-6-18(2)14-20/h4,6-11,14-15H,3,5,12-13,16-17H2,1-2H3,(H,26,30). The van der Waals surface area contributed by atoms with Crippen molar-refractivity contribution in [1.82, 2.24) is 20.0 Å². The molecule has 3 aromatic rings. The summed E-state index contributed by atoms with van der Waals surface area (Å²) in [5.74, 6) is 0.411. The molecule has 32 heavy (non-hydrogen) atoms. The fourth-order valence-electron chi connectivity index (χ4n) is 3.87. The third-order valence-electron chi connectivity index (χ3n) is 5.46. The highest BCUT2D eigenvalue weighted by Crippen LogP contribution is 2.18. The zero-order valence-corrected chi connectivity index (χ0v) is 18.5. The van der Waals surface area contributed by atoms with Crippen LogP contribution >= 0.6 is 0 Å². The highest BCUT2D eigenvalue weighted by atomic mass is 16.5. The van der Waals surface area contributed by atoms with Crippen LogP contribution in [0.2, 0.25) is 0 Å². The van der Waals surface area contributed by atoms with Gasteiger partial charge in [0.15, 0.2) is 5.69 Å². The summed E-state index contributed by atoms with van der Waals surface area (Å²) in [5.41, 5.74) is 3.95. The molecule has 0 radical (unpaired) electrons. The second-order valence-electron chi connectivity index (χ2n) is 7.97. The van der Waals surface area contributed by atoms with E-state index in [4.69, 9.17) is 4.74 Å². The smallest absolute Gasteiger partial charge is 0.272 e. The number of hydrogen-bond acceptors (Lipinski definition) is 4. The fourth-order valence-corrected chi connectivity index (χ4v) is 3.87. The van der Waals surface area contributed by atoms with Crippen molar-refractivity contribution in [3.05, 3.63) is 82.7 Å². The first-order valence-electron chi connectivity index (χ1n) is 11.0. The lowest BCUT2D eigenvalue weighted by atomic mass is 10.1. The van der Waals surface area contributed by atoms with Crippen molar-refractivity contribution in [2.24, 2.45) is 0 Å². The summed E-state index contributed by atoms with van der Waals surface area (Å²) in [6.45, 7) is 6.79. The van der Waals surface area contributed by atoms with Crippen LogP contribution in [0.15, 0.2) is 54.6 Å². The number of fused-ring (bicyclic) bond motifs is 1. The van der Waals surface area contributed by atoms with Crippen molar-refractivity contribution >= 4 is 11.8 Å². The van der Waals surface area contributed by atoms with Crippen LogP contribution in [0.4, 0.5) is 0 Å². The van der Waals surface area contributed by atoms with Gasteiger partial charge in [-0.3, -0.25) is 14.3 Å². The van der Waals surface area contributed by atoms with Crippen LogP contribution in [0.1, 0.15) is 51.0 Å². The summed E-state index contributed by atoms with van der Waals surface area (Å²) in [5, 5.41) is 7.29. The molecule has 0 unspecified atom stereocenters. The Morgan fingerprint density at radius 1 is 1.09 bits per heavy atom. The SMILES string of the molecule is CCOc1ccc(CNC(=O)c2cc3n(n2)CCCN(Cc2cccc(C)c2)C3=O)cc1. The number of benzene rings is 2. The Kier molecular flexibility index (Phi) is 6.54. The minimum absolute atomic E-state index is 0.0953. The minimum atomic E-state index is -0.294. The van der Waals surface area contributed by atoms with Gasteiger partial charge in [0.2, 0.25) is 0 Å². The minimum Gasteiger partial charge on any atom is -0.494 e. The first kappa shape index (κ1) is 21.6. The molecule has 2 amide bonds. The topological polar surface area (TPSA) is 76.5 Å². The van der Waals surface area contributed by atoms with E-state index >= 15 is 0 Å². The molecule has 1 aliphatic rings. The maximum absolute atomic E-state index is 13.1. The molecule has 0 fully saturated rings. The highest BCUT2D eigenvalue weighted by molar-refractivity contribution is 5.98. The number of carbonyl (C=O) groups excluding carboxylic acids is 2. The fraction of sp³-hybridized carbons (Fsp3) is 0.320. The number of ether oxygens (including phenoxy) is 1. The van der Waals surface area contributed by atoms with Crippen molar-refractivity contribution in [2.45, 2.75) is 39.9 Å². The summed E-state index contributed by atoms with van der Waals surface area (Å²) >= 11 is 0. The first-order valence-corrected chi connectivity index (χ1v) is 11.0.